The van der Waals surface area contributed by atoms with Crippen LogP contribution in [0.4, 0.5) is 0 Å². The summed E-state index contributed by atoms with van der Waals surface area (Å²) in [6, 6.07) is 19.8. The van der Waals surface area contributed by atoms with E-state index in [0.717, 1.165) is 39.7 Å². The van der Waals surface area contributed by atoms with Gasteiger partial charge in [0.1, 0.15) is 5.84 Å². The zero-order chi connectivity index (χ0) is 20.8. The Balaban J connectivity index is 1.54. The molecule has 0 amide bonds. The van der Waals surface area contributed by atoms with Crippen molar-refractivity contribution in [2.45, 2.75) is 26.3 Å². The van der Waals surface area contributed by atoms with Gasteiger partial charge >= 0.3 is 0 Å². The van der Waals surface area contributed by atoms with E-state index >= 15 is 0 Å². The Morgan fingerprint density at radius 2 is 1.90 bits per heavy atom. The lowest BCUT2D eigenvalue weighted by Crippen LogP contribution is -2.17. The minimum atomic E-state index is -0.105. The van der Waals surface area contributed by atoms with Crippen molar-refractivity contribution in [1.82, 2.24) is 9.97 Å². The molecular formula is C25H22N4O. The summed E-state index contributed by atoms with van der Waals surface area (Å²) in [5, 5.41) is 0. The van der Waals surface area contributed by atoms with E-state index in [2.05, 4.69) is 21.0 Å². The van der Waals surface area contributed by atoms with Crippen molar-refractivity contribution < 1.29 is 4.79 Å². The average Bonchev–Trinajstić information content (AvgIpc) is 3.33. The molecule has 148 valence electrons. The highest BCUT2D eigenvalue weighted by Gasteiger charge is 2.24. The number of carbonyl (C=O) groups excluding carboxylic acids is 1. The average molecular weight is 394 g/mol. The topological polar surface area (TPSA) is 84.1 Å². The molecule has 0 radical (unpaired) electrons. The number of nitrogens with one attached hydrogen (secondary N) is 1. The van der Waals surface area contributed by atoms with Gasteiger partial charge < -0.3 is 10.7 Å². The number of H-pyrrole nitrogens is 1. The van der Waals surface area contributed by atoms with Crippen molar-refractivity contribution in [2.75, 3.05) is 0 Å². The number of carbonyl (C=O) groups is 1. The highest BCUT2D eigenvalue weighted by atomic mass is 16.1. The molecule has 5 heteroatoms. The number of nitrogens with zero attached hydrogens (tertiary/aromatic N) is 2. The normalized spacial score (nSPS) is 13.0. The van der Waals surface area contributed by atoms with Crippen molar-refractivity contribution in [3.63, 3.8) is 0 Å². The Bertz CT molecular complexity index is 1300. The van der Waals surface area contributed by atoms with Crippen molar-refractivity contribution in [3.8, 4) is 11.1 Å². The van der Waals surface area contributed by atoms with Crippen LogP contribution in [0.25, 0.3) is 22.2 Å². The lowest BCUT2D eigenvalue weighted by molar-refractivity contribution is 0.103. The molecule has 1 heterocycles. The Labute approximate surface area is 174 Å². The van der Waals surface area contributed by atoms with Gasteiger partial charge in [0.25, 0.3) is 0 Å². The zero-order valence-electron chi connectivity index (χ0n) is 16.9. The van der Waals surface area contributed by atoms with E-state index in [1.54, 1.807) is 0 Å². The van der Waals surface area contributed by atoms with Crippen LogP contribution in [0.3, 0.4) is 0 Å². The van der Waals surface area contributed by atoms with Gasteiger partial charge in [-0.3, -0.25) is 9.79 Å². The second-order valence-electron chi connectivity index (χ2n) is 7.93. The van der Waals surface area contributed by atoms with Gasteiger partial charge in [0.05, 0.1) is 11.0 Å². The number of nitrogens with two attached hydrogens (primary N) is 1. The summed E-state index contributed by atoms with van der Waals surface area (Å²) in [4.78, 5) is 25.2. The molecule has 1 aromatic heterocycles. The minimum absolute atomic E-state index is 0.105. The molecule has 3 N–H and O–H groups in total. The molecule has 0 spiro atoms. The summed E-state index contributed by atoms with van der Waals surface area (Å²) in [6.07, 6.45) is 0.773. The Kier molecular flexibility index (Phi) is 4.24. The van der Waals surface area contributed by atoms with Crippen molar-refractivity contribution in [1.29, 1.82) is 0 Å². The molecule has 3 aromatic carbocycles. The molecule has 0 unspecified atom stereocenters. The lowest BCUT2D eigenvalue weighted by Gasteiger charge is -2.10. The molecule has 30 heavy (non-hydrogen) atoms. The van der Waals surface area contributed by atoms with E-state index in [-0.39, 0.29) is 11.8 Å². The van der Waals surface area contributed by atoms with Crippen LogP contribution in [0.2, 0.25) is 0 Å². The molecule has 1 aliphatic carbocycles. The number of hydrogen-bond acceptors (Lipinski definition) is 3. The van der Waals surface area contributed by atoms with Gasteiger partial charge in [-0.15, -0.1) is 0 Å². The summed E-state index contributed by atoms with van der Waals surface area (Å²) in [5.41, 5.74) is 14.1. The van der Waals surface area contributed by atoms with E-state index in [1.807, 2.05) is 68.4 Å². The molecular weight excluding hydrogens is 372 g/mol. The third-order valence-electron chi connectivity index (χ3n) is 5.45. The van der Waals surface area contributed by atoms with Crippen LogP contribution in [0.1, 0.15) is 46.7 Å². The first-order valence-corrected chi connectivity index (χ1v) is 10.1. The lowest BCUT2D eigenvalue weighted by atomic mass is 9.97. The summed E-state index contributed by atoms with van der Waals surface area (Å²) >= 11 is 0. The summed E-state index contributed by atoms with van der Waals surface area (Å²) < 4.78 is 0. The van der Waals surface area contributed by atoms with Gasteiger partial charge in [-0.05, 0) is 60.7 Å². The van der Waals surface area contributed by atoms with Crippen LogP contribution >= 0.6 is 0 Å². The maximum atomic E-state index is 13.1. The fourth-order valence-corrected chi connectivity index (χ4v) is 4.15. The summed E-state index contributed by atoms with van der Waals surface area (Å²) in [7, 11) is 0. The van der Waals surface area contributed by atoms with Crippen LogP contribution < -0.4 is 5.73 Å². The number of rotatable bonds is 4. The van der Waals surface area contributed by atoms with Crippen LogP contribution in [-0.4, -0.2) is 27.6 Å². The second-order valence-corrected chi connectivity index (χ2v) is 7.93. The predicted molar refractivity (Wildman–Crippen MR) is 120 cm³/mol. The molecule has 0 bridgehead atoms. The number of para-hydroxylation sites is 2. The predicted octanol–water partition coefficient (Wildman–Crippen LogP) is 4.48. The fourth-order valence-electron chi connectivity index (χ4n) is 4.15. The first kappa shape index (κ1) is 18.3. The molecule has 5 nitrogen and oxygen atoms in total. The Morgan fingerprint density at radius 1 is 1.07 bits per heavy atom. The molecule has 0 fully saturated rings. The number of ketones is 1. The smallest absolute Gasteiger partial charge is 0.228 e. The van der Waals surface area contributed by atoms with Crippen molar-refractivity contribution in [3.05, 3.63) is 88.7 Å². The monoisotopic (exact) mass is 394 g/mol. The number of aliphatic imine (C=N–C) groups is 1. The quantitative estimate of drug-likeness (QED) is 0.268. The largest absolute Gasteiger partial charge is 0.383 e. The maximum Gasteiger partial charge on any atom is 0.228 e. The maximum absolute atomic E-state index is 13.1. The third-order valence-corrected chi connectivity index (χ3v) is 5.45. The number of hydrogen-bond donors (Lipinski definition) is 2. The molecule has 0 saturated heterocycles. The number of fused-ring (bicyclic) bond motifs is 4. The minimum Gasteiger partial charge on any atom is -0.383 e. The zero-order valence-corrected chi connectivity index (χ0v) is 16.9. The standard InChI is InChI=1S/C25H22N4O/c1-14(2)27-24(26)19-7-5-6-15-12-17-13-16(10-11-18(17)22(15)19)23(30)25-28-20-8-3-4-9-21(20)29-25/h3-11,13-14H,12H2,1-2H3,(H2,26,27)(H,28,29). The molecule has 4 aromatic rings. The van der Waals surface area contributed by atoms with Gasteiger partial charge in [0, 0.05) is 17.2 Å². The van der Waals surface area contributed by atoms with Crippen LogP contribution in [0.5, 0.6) is 0 Å². The van der Waals surface area contributed by atoms with Gasteiger partial charge in [0.15, 0.2) is 5.82 Å². The molecule has 5 rings (SSSR count). The molecule has 0 aliphatic heterocycles. The van der Waals surface area contributed by atoms with Crippen LogP contribution in [0.15, 0.2) is 65.7 Å². The van der Waals surface area contributed by atoms with E-state index in [9.17, 15) is 4.79 Å². The molecule has 0 saturated carbocycles. The fraction of sp³-hybridized carbons (Fsp3) is 0.160. The highest BCUT2D eigenvalue weighted by Crippen LogP contribution is 2.39. The third kappa shape index (κ3) is 2.99. The second kappa shape index (κ2) is 6.95. The number of amidine groups is 1. The van der Waals surface area contributed by atoms with E-state index in [1.165, 1.54) is 5.56 Å². The van der Waals surface area contributed by atoms with E-state index in [0.29, 0.717) is 17.2 Å². The first-order chi connectivity index (χ1) is 14.5. The van der Waals surface area contributed by atoms with Crippen LogP contribution in [-0.2, 0) is 6.42 Å². The van der Waals surface area contributed by atoms with Gasteiger partial charge in [-0.2, -0.15) is 0 Å². The number of aromatic amines is 1. The Morgan fingerprint density at radius 3 is 2.70 bits per heavy atom. The summed E-state index contributed by atoms with van der Waals surface area (Å²) in [5.74, 6) is 0.809. The van der Waals surface area contributed by atoms with E-state index < -0.39 is 0 Å². The van der Waals surface area contributed by atoms with Crippen molar-refractivity contribution in [2.24, 2.45) is 10.7 Å². The van der Waals surface area contributed by atoms with Crippen molar-refractivity contribution >= 4 is 22.7 Å². The van der Waals surface area contributed by atoms with Gasteiger partial charge in [-0.25, -0.2) is 4.98 Å². The number of aromatic nitrogens is 2. The SMILES string of the molecule is CC(C)N=C(N)c1cccc2c1-c1ccc(C(=O)c3nc4ccccc4[nH]3)cc1C2. The molecule has 1 aliphatic rings. The van der Waals surface area contributed by atoms with E-state index in [4.69, 9.17) is 5.73 Å². The molecule has 0 atom stereocenters. The number of imidazole rings is 1. The van der Waals surface area contributed by atoms with Gasteiger partial charge in [0.2, 0.25) is 5.78 Å². The van der Waals surface area contributed by atoms with Gasteiger partial charge in [-0.1, -0.05) is 42.5 Å². The highest BCUT2D eigenvalue weighted by molar-refractivity contribution is 6.09. The Hall–Kier alpha value is -3.73. The first-order valence-electron chi connectivity index (χ1n) is 10.1. The van der Waals surface area contributed by atoms with Crippen LogP contribution in [0, 0.1) is 0 Å². The number of benzene rings is 3. The summed E-state index contributed by atoms with van der Waals surface area (Å²) in [6.45, 7) is 4.03.